The molecule has 1 fully saturated rings. The SMILES string of the molecule is COC(=O)c1ccc(Cl)cc1NCN1CCc2nc3ccccc3c(C(=O)N3CCN(CCO)CC3)c2C1. The van der Waals surface area contributed by atoms with E-state index in [0.29, 0.717) is 55.5 Å². The van der Waals surface area contributed by atoms with Crippen molar-refractivity contribution in [1.82, 2.24) is 19.7 Å². The van der Waals surface area contributed by atoms with E-state index < -0.39 is 5.97 Å². The Morgan fingerprint density at radius 1 is 1.08 bits per heavy atom. The van der Waals surface area contributed by atoms with Gasteiger partial charge >= 0.3 is 5.97 Å². The highest BCUT2D eigenvalue weighted by atomic mass is 35.5. The monoisotopic (exact) mass is 537 g/mol. The number of nitrogens with zero attached hydrogens (tertiary/aromatic N) is 4. The fourth-order valence-corrected chi connectivity index (χ4v) is 5.42. The van der Waals surface area contributed by atoms with Gasteiger partial charge in [0.25, 0.3) is 5.91 Å². The van der Waals surface area contributed by atoms with Gasteiger partial charge in [-0.3, -0.25) is 19.6 Å². The molecule has 2 N–H and O–H groups in total. The fourth-order valence-electron chi connectivity index (χ4n) is 5.25. The first-order chi connectivity index (χ1) is 18.5. The van der Waals surface area contributed by atoms with Crippen LogP contribution in [0, 0.1) is 0 Å². The number of nitrogens with one attached hydrogen (secondary N) is 1. The molecule has 0 bridgehead atoms. The van der Waals surface area contributed by atoms with E-state index in [1.165, 1.54) is 7.11 Å². The number of piperazine rings is 1. The minimum atomic E-state index is -0.434. The van der Waals surface area contributed by atoms with E-state index in [1.807, 2.05) is 29.2 Å². The molecule has 9 nitrogen and oxygen atoms in total. The lowest BCUT2D eigenvalue weighted by Gasteiger charge is -2.36. The lowest BCUT2D eigenvalue weighted by atomic mass is 9.94. The summed E-state index contributed by atoms with van der Waals surface area (Å²) in [6.45, 7) is 5.27. The van der Waals surface area contributed by atoms with Crippen LogP contribution in [0.25, 0.3) is 10.9 Å². The van der Waals surface area contributed by atoms with Gasteiger partial charge in [-0.25, -0.2) is 4.79 Å². The number of methoxy groups -OCH3 is 1. The Bertz CT molecular complexity index is 1340. The van der Waals surface area contributed by atoms with Gasteiger partial charge in [-0.05, 0) is 24.3 Å². The molecule has 5 rings (SSSR count). The minimum absolute atomic E-state index is 0.0288. The van der Waals surface area contributed by atoms with Crippen LogP contribution in [0.15, 0.2) is 42.5 Å². The number of ether oxygens (including phenoxy) is 1. The van der Waals surface area contributed by atoms with E-state index in [9.17, 15) is 14.7 Å². The van der Waals surface area contributed by atoms with E-state index in [4.69, 9.17) is 21.3 Å². The Morgan fingerprint density at radius 2 is 1.87 bits per heavy atom. The van der Waals surface area contributed by atoms with Crippen LogP contribution in [0.5, 0.6) is 0 Å². The number of esters is 1. The third kappa shape index (κ3) is 5.47. The summed E-state index contributed by atoms with van der Waals surface area (Å²) in [6.07, 6.45) is 0.714. The maximum atomic E-state index is 14.0. The molecule has 200 valence electrons. The summed E-state index contributed by atoms with van der Waals surface area (Å²) in [7, 11) is 1.35. The van der Waals surface area contributed by atoms with Crippen molar-refractivity contribution in [3.63, 3.8) is 0 Å². The van der Waals surface area contributed by atoms with Gasteiger partial charge in [0.05, 0.1) is 42.7 Å². The Morgan fingerprint density at radius 3 is 2.63 bits per heavy atom. The van der Waals surface area contributed by atoms with E-state index >= 15 is 0 Å². The number of halogens is 1. The van der Waals surface area contributed by atoms with Gasteiger partial charge in [-0.1, -0.05) is 29.8 Å². The summed E-state index contributed by atoms with van der Waals surface area (Å²) in [6, 6.07) is 12.9. The third-order valence-electron chi connectivity index (χ3n) is 7.30. The van der Waals surface area contributed by atoms with Gasteiger partial charge in [0.1, 0.15) is 0 Å². The number of aromatic nitrogens is 1. The second-order valence-corrected chi connectivity index (χ2v) is 10.0. The Labute approximate surface area is 226 Å². The summed E-state index contributed by atoms with van der Waals surface area (Å²) in [5.41, 5.74) is 4.49. The Hall–Kier alpha value is -3.24. The first-order valence-electron chi connectivity index (χ1n) is 12.9. The normalized spacial score (nSPS) is 16.3. The highest BCUT2D eigenvalue weighted by Crippen LogP contribution is 2.30. The van der Waals surface area contributed by atoms with Gasteiger partial charge in [-0.15, -0.1) is 0 Å². The molecule has 0 atom stereocenters. The Balaban J connectivity index is 1.40. The summed E-state index contributed by atoms with van der Waals surface area (Å²) in [5.74, 6) is -0.406. The van der Waals surface area contributed by atoms with Crippen molar-refractivity contribution < 1.29 is 19.4 Å². The molecule has 2 aromatic carbocycles. The van der Waals surface area contributed by atoms with Crippen LogP contribution in [0.3, 0.4) is 0 Å². The average molecular weight is 538 g/mol. The summed E-state index contributed by atoms with van der Waals surface area (Å²) < 4.78 is 4.91. The molecule has 0 saturated carbocycles. The van der Waals surface area contributed by atoms with Crippen LogP contribution in [0.4, 0.5) is 5.69 Å². The standard InChI is InChI=1S/C28H32ClN5O4/c1-38-28(37)21-7-6-19(29)16-25(21)30-18-33-9-8-24-22(17-33)26(20-4-2-3-5-23(20)31-24)27(36)34-12-10-32(11-13-34)14-15-35/h2-7,16,30,35H,8-15,17-18H2,1H3. The number of amides is 1. The molecule has 1 aromatic heterocycles. The molecule has 3 heterocycles. The smallest absolute Gasteiger partial charge is 0.339 e. The molecular formula is C28H32ClN5O4. The van der Waals surface area contributed by atoms with Crippen LogP contribution >= 0.6 is 11.6 Å². The number of para-hydroxylation sites is 1. The fraction of sp³-hybridized carbons (Fsp3) is 0.393. The van der Waals surface area contributed by atoms with Crippen molar-refractivity contribution in [1.29, 1.82) is 0 Å². The summed E-state index contributed by atoms with van der Waals surface area (Å²) in [4.78, 5) is 37.4. The zero-order valence-electron chi connectivity index (χ0n) is 21.5. The van der Waals surface area contributed by atoms with Crippen molar-refractivity contribution in [3.05, 3.63) is 69.9 Å². The van der Waals surface area contributed by atoms with Crippen molar-refractivity contribution in [2.24, 2.45) is 0 Å². The van der Waals surface area contributed by atoms with E-state index in [-0.39, 0.29) is 12.5 Å². The van der Waals surface area contributed by atoms with Gasteiger partial charge in [0.15, 0.2) is 0 Å². The quantitative estimate of drug-likeness (QED) is 0.444. The number of rotatable bonds is 7. The molecule has 38 heavy (non-hydrogen) atoms. The highest BCUT2D eigenvalue weighted by molar-refractivity contribution is 6.31. The molecule has 10 heteroatoms. The first-order valence-corrected chi connectivity index (χ1v) is 13.2. The van der Waals surface area contributed by atoms with E-state index in [1.54, 1.807) is 18.2 Å². The topological polar surface area (TPSA) is 98.2 Å². The number of hydrogen-bond donors (Lipinski definition) is 2. The zero-order valence-corrected chi connectivity index (χ0v) is 22.2. The maximum Gasteiger partial charge on any atom is 0.339 e. The van der Waals surface area contributed by atoms with Crippen molar-refractivity contribution in [2.75, 3.05) is 65.0 Å². The van der Waals surface area contributed by atoms with Crippen molar-refractivity contribution >= 4 is 40.1 Å². The number of carbonyl (C=O) groups excluding carboxylic acids is 2. The molecule has 2 aliphatic rings. The van der Waals surface area contributed by atoms with Crippen LogP contribution in [-0.2, 0) is 17.7 Å². The summed E-state index contributed by atoms with van der Waals surface area (Å²) >= 11 is 6.19. The van der Waals surface area contributed by atoms with E-state index in [0.717, 1.165) is 47.4 Å². The second kappa shape index (κ2) is 11.7. The number of carbonyl (C=O) groups is 2. The van der Waals surface area contributed by atoms with Gasteiger partial charge < -0.3 is 20.1 Å². The Kier molecular flexibility index (Phi) is 8.09. The van der Waals surface area contributed by atoms with Crippen LogP contribution in [0.1, 0.15) is 32.0 Å². The molecule has 0 radical (unpaired) electrons. The molecule has 0 aliphatic carbocycles. The lowest BCUT2D eigenvalue weighted by Crippen LogP contribution is -2.49. The molecular weight excluding hydrogens is 506 g/mol. The number of aliphatic hydroxyl groups is 1. The number of pyridine rings is 1. The van der Waals surface area contributed by atoms with Gasteiger partial charge in [-0.2, -0.15) is 0 Å². The molecule has 1 amide bonds. The highest BCUT2D eigenvalue weighted by Gasteiger charge is 2.30. The largest absolute Gasteiger partial charge is 0.465 e. The molecule has 3 aromatic rings. The zero-order chi connectivity index (χ0) is 26.6. The minimum Gasteiger partial charge on any atom is -0.465 e. The van der Waals surface area contributed by atoms with Crippen molar-refractivity contribution in [2.45, 2.75) is 13.0 Å². The van der Waals surface area contributed by atoms with Crippen LogP contribution in [-0.4, -0.2) is 96.3 Å². The molecule has 2 aliphatic heterocycles. The second-order valence-electron chi connectivity index (χ2n) is 9.61. The third-order valence-corrected chi connectivity index (χ3v) is 7.53. The maximum absolute atomic E-state index is 14.0. The molecule has 0 spiro atoms. The molecule has 1 saturated heterocycles. The van der Waals surface area contributed by atoms with Crippen molar-refractivity contribution in [3.8, 4) is 0 Å². The predicted octanol–water partition coefficient (Wildman–Crippen LogP) is 2.85. The van der Waals surface area contributed by atoms with Gasteiger partial charge in [0, 0.05) is 73.9 Å². The number of benzene rings is 2. The molecule has 0 unspecified atom stereocenters. The predicted molar refractivity (Wildman–Crippen MR) is 147 cm³/mol. The first kappa shape index (κ1) is 26.4. The van der Waals surface area contributed by atoms with Crippen LogP contribution in [0.2, 0.25) is 5.02 Å². The summed E-state index contributed by atoms with van der Waals surface area (Å²) in [5, 5.41) is 14.0. The van der Waals surface area contributed by atoms with Crippen LogP contribution < -0.4 is 5.32 Å². The number of anilines is 1. The number of aliphatic hydroxyl groups excluding tert-OH is 1. The number of hydrogen-bond acceptors (Lipinski definition) is 8. The van der Waals surface area contributed by atoms with Gasteiger partial charge in [0.2, 0.25) is 0 Å². The number of fused-ring (bicyclic) bond motifs is 2. The van der Waals surface area contributed by atoms with E-state index in [2.05, 4.69) is 15.1 Å². The lowest BCUT2D eigenvalue weighted by molar-refractivity contribution is 0.0597. The average Bonchev–Trinajstić information content (AvgIpc) is 2.94. The number of β-amino-alcohol motifs (C(OH)–C–C–N with tert-alkyl or cyclic N) is 1.